The maximum atomic E-state index is 12.6. The van der Waals surface area contributed by atoms with E-state index in [0.29, 0.717) is 24.2 Å². The van der Waals surface area contributed by atoms with Crippen molar-refractivity contribution >= 4 is 28.6 Å². The first-order valence-corrected chi connectivity index (χ1v) is 9.65. The number of fused-ring (bicyclic) bond motifs is 1. The third-order valence-corrected chi connectivity index (χ3v) is 5.94. The molecule has 24 heavy (non-hydrogen) atoms. The molecule has 2 fully saturated rings. The van der Waals surface area contributed by atoms with Crippen molar-refractivity contribution < 1.29 is 14.3 Å². The van der Waals surface area contributed by atoms with Crippen LogP contribution in [0.3, 0.4) is 0 Å². The fourth-order valence-electron chi connectivity index (χ4n) is 3.49. The van der Waals surface area contributed by atoms with Gasteiger partial charge in [-0.05, 0) is 49.7 Å². The number of thioether (sulfide) groups is 1. The van der Waals surface area contributed by atoms with E-state index >= 15 is 0 Å². The largest absolute Gasteiger partial charge is 0.451 e. The van der Waals surface area contributed by atoms with Gasteiger partial charge >= 0.3 is 0 Å². The number of benzene rings is 1. The van der Waals surface area contributed by atoms with Crippen LogP contribution in [0.2, 0.25) is 0 Å². The zero-order valence-electron chi connectivity index (χ0n) is 13.6. The van der Waals surface area contributed by atoms with Crippen LogP contribution >= 0.6 is 11.8 Å². The zero-order chi connectivity index (χ0) is 16.6. The Morgan fingerprint density at radius 3 is 2.71 bits per heavy atom. The monoisotopic (exact) mass is 346 g/mol. The number of nitrogens with one attached hydrogen (secondary N) is 1. The number of piperidine rings is 1. The molecule has 5 nitrogen and oxygen atoms in total. The van der Waals surface area contributed by atoms with Crippen LogP contribution in [-0.4, -0.2) is 53.6 Å². The summed E-state index contributed by atoms with van der Waals surface area (Å²) in [4.78, 5) is 14.4. The topological polar surface area (TPSA) is 65.7 Å². The number of hydrogen-bond acceptors (Lipinski definition) is 5. The summed E-state index contributed by atoms with van der Waals surface area (Å²) >= 11 is 1.88. The number of hydrogen-bond donors (Lipinski definition) is 2. The molecule has 1 amide bonds. The van der Waals surface area contributed by atoms with Crippen LogP contribution in [0, 0.1) is 0 Å². The van der Waals surface area contributed by atoms with E-state index < -0.39 is 5.60 Å². The fourth-order valence-corrected chi connectivity index (χ4v) is 4.39. The second-order valence-corrected chi connectivity index (χ2v) is 7.77. The van der Waals surface area contributed by atoms with Gasteiger partial charge in [0.15, 0.2) is 5.76 Å². The van der Waals surface area contributed by atoms with Gasteiger partial charge in [0.2, 0.25) is 0 Å². The first kappa shape index (κ1) is 16.0. The highest BCUT2D eigenvalue weighted by molar-refractivity contribution is 7.99. The van der Waals surface area contributed by atoms with E-state index in [1.807, 2.05) is 40.9 Å². The van der Waals surface area contributed by atoms with E-state index in [9.17, 15) is 9.90 Å². The molecule has 2 aromatic rings. The molecule has 2 aliphatic heterocycles. The van der Waals surface area contributed by atoms with Crippen LogP contribution in [0.15, 0.2) is 28.7 Å². The van der Waals surface area contributed by atoms with Crippen LogP contribution in [0.5, 0.6) is 0 Å². The summed E-state index contributed by atoms with van der Waals surface area (Å²) in [5, 5.41) is 15.0. The molecule has 4 rings (SSSR count). The van der Waals surface area contributed by atoms with Gasteiger partial charge in [-0.1, -0.05) is 6.07 Å². The molecule has 0 spiro atoms. The number of nitrogens with zero attached hydrogens (tertiary/aromatic N) is 1. The van der Waals surface area contributed by atoms with Crippen LogP contribution in [0.4, 0.5) is 0 Å². The van der Waals surface area contributed by atoms with Crippen LogP contribution in [0.1, 0.15) is 29.0 Å². The third-order valence-electron chi connectivity index (χ3n) is 4.99. The minimum Gasteiger partial charge on any atom is -0.451 e. The molecule has 3 heterocycles. The number of amides is 1. The predicted octanol–water partition coefficient (Wildman–Crippen LogP) is 2.19. The van der Waals surface area contributed by atoms with Crippen molar-refractivity contribution in [2.75, 3.05) is 37.7 Å². The highest BCUT2D eigenvalue weighted by Crippen LogP contribution is 2.33. The first-order valence-electron chi connectivity index (χ1n) is 8.50. The Labute approximate surface area is 145 Å². The highest BCUT2D eigenvalue weighted by Gasteiger charge is 2.31. The molecule has 1 aromatic carbocycles. The molecule has 0 saturated carbocycles. The van der Waals surface area contributed by atoms with Gasteiger partial charge in [-0.2, -0.15) is 11.8 Å². The van der Waals surface area contributed by atoms with Crippen molar-refractivity contribution in [3.8, 4) is 0 Å². The minimum absolute atomic E-state index is 0.0337. The van der Waals surface area contributed by atoms with Gasteiger partial charge in [0, 0.05) is 30.0 Å². The van der Waals surface area contributed by atoms with Crippen molar-refractivity contribution in [2.24, 2.45) is 0 Å². The number of aliphatic hydroxyl groups is 1. The quantitative estimate of drug-likeness (QED) is 0.873. The Morgan fingerprint density at radius 2 is 1.96 bits per heavy atom. The average molecular weight is 346 g/mol. The maximum absolute atomic E-state index is 12.6. The van der Waals surface area contributed by atoms with E-state index in [-0.39, 0.29) is 5.91 Å². The highest BCUT2D eigenvalue weighted by atomic mass is 32.2. The van der Waals surface area contributed by atoms with Gasteiger partial charge in [0.1, 0.15) is 5.58 Å². The summed E-state index contributed by atoms with van der Waals surface area (Å²) in [5.41, 5.74) is 0.821. The number of carbonyl (C=O) groups excluding carboxylic acids is 1. The van der Waals surface area contributed by atoms with E-state index in [4.69, 9.17) is 4.42 Å². The summed E-state index contributed by atoms with van der Waals surface area (Å²) in [6.07, 6.45) is 1.40. The molecule has 0 bridgehead atoms. The van der Waals surface area contributed by atoms with Crippen molar-refractivity contribution in [1.82, 2.24) is 10.2 Å². The average Bonchev–Trinajstić information content (AvgIpc) is 3.06. The van der Waals surface area contributed by atoms with Gasteiger partial charge in [0.05, 0.1) is 5.60 Å². The molecule has 0 atom stereocenters. The van der Waals surface area contributed by atoms with Gasteiger partial charge in [-0.25, -0.2) is 0 Å². The van der Waals surface area contributed by atoms with E-state index in [2.05, 4.69) is 5.32 Å². The lowest BCUT2D eigenvalue weighted by atomic mass is 9.85. The molecule has 128 valence electrons. The van der Waals surface area contributed by atoms with Crippen LogP contribution in [0.25, 0.3) is 11.0 Å². The second-order valence-electron chi connectivity index (χ2n) is 6.55. The second kappa shape index (κ2) is 6.43. The van der Waals surface area contributed by atoms with Gasteiger partial charge in [-0.3, -0.25) is 4.79 Å². The molecule has 6 heteroatoms. The molecule has 0 radical (unpaired) electrons. The Kier molecular flexibility index (Phi) is 4.28. The molecule has 2 aliphatic rings. The van der Waals surface area contributed by atoms with Crippen molar-refractivity contribution in [2.45, 2.75) is 18.4 Å². The lowest BCUT2D eigenvalue weighted by Gasteiger charge is -2.33. The molecule has 1 aromatic heterocycles. The van der Waals surface area contributed by atoms with Crippen molar-refractivity contribution in [3.05, 3.63) is 35.6 Å². The van der Waals surface area contributed by atoms with E-state index in [1.165, 1.54) is 0 Å². The Hall–Kier alpha value is -1.50. The summed E-state index contributed by atoms with van der Waals surface area (Å²) in [6, 6.07) is 7.57. The lowest BCUT2D eigenvalue weighted by molar-refractivity contribution is 0.00605. The van der Waals surface area contributed by atoms with Gasteiger partial charge in [0.25, 0.3) is 5.91 Å². The predicted molar refractivity (Wildman–Crippen MR) is 95.4 cm³/mol. The van der Waals surface area contributed by atoms with Gasteiger partial charge < -0.3 is 19.7 Å². The molecular weight excluding hydrogens is 324 g/mol. The van der Waals surface area contributed by atoms with Crippen LogP contribution < -0.4 is 5.32 Å². The standard InChI is InChI=1S/C18H22N2O3S/c21-17(20-7-9-24-10-8-20)16-12-13-11-14(1-2-15(13)23-16)18(22)3-5-19-6-4-18/h1-2,11-12,19,22H,3-10H2. The molecular formula is C18H22N2O3S. The van der Waals surface area contributed by atoms with E-state index in [1.54, 1.807) is 0 Å². The maximum Gasteiger partial charge on any atom is 0.289 e. The zero-order valence-corrected chi connectivity index (χ0v) is 14.4. The molecule has 2 N–H and O–H groups in total. The summed E-state index contributed by atoms with van der Waals surface area (Å²) in [6.45, 7) is 3.18. The Bertz CT molecular complexity index is 746. The SMILES string of the molecule is O=C(c1cc2cc(C3(O)CCNCC3)ccc2o1)N1CCSCC1. The Morgan fingerprint density at radius 1 is 1.21 bits per heavy atom. The first-order chi connectivity index (χ1) is 11.7. The van der Waals surface area contributed by atoms with Crippen molar-refractivity contribution in [1.29, 1.82) is 0 Å². The summed E-state index contributed by atoms with van der Waals surface area (Å²) < 4.78 is 5.77. The number of rotatable bonds is 2. The normalized spacial score (nSPS) is 21.1. The number of carbonyl (C=O) groups is 1. The van der Waals surface area contributed by atoms with E-state index in [0.717, 1.165) is 48.6 Å². The Balaban J connectivity index is 1.62. The van der Waals surface area contributed by atoms with Crippen LogP contribution in [-0.2, 0) is 5.60 Å². The number of furan rings is 1. The third kappa shape index (κ3) is 2.94. The minimum atomic E-state index is -0.787. The smallest absolute Gasteiger partial charge is 0.289 e. The molecule has 2 saturated heterocycles. The molecule has 0 unspecified atom stereocenters. The summed E-state index contributed by atoms with van der Waals surface area (Å²) in [7, 11) is 0. The molecule has 0 aliphatic carbocycles. The fraction of sp³-hybridized carbons (Fsp3) is 0.500. The van der Waals surface area contributed by atoms with Crippen molar-refractivity contribution in [3.63, 3.8) is 0 Å². The van der Waals surface area contributed by atoms with Gasteiger partial charge in [-0.15, -0.1) is 0 Å². The summed E-state index contributed by atoms with van der Waals surface area (Å²) in [5.74, 6) is 2.33. The lowest BCUT2D eigenvalue weighted by Crippen LogP contribution is -2.39.